The normalized spacial score (nSPS) is 10.3. The third-order valence-corrected chi connectivity index (χ3v) is 3.02. The monoisotopic (exact) mass is 279 g/mol. The maximum absolute atomic E-state index is 8.77. The molecule has 0 saturated carbocycles. The van der Waals surface area contributed by atoms with Crippen LogP contribution in [0, 0.1) is 11.3 Å². The fraction of sp³-hybridized carbons (Fsp3) is 0.167. The zero-order valence-corrected chi connectivity index (χ0v) is 12.2. The quantitative estimate of drug-likeness (QED) is 0.824. The Balaban J connectivity index is 2.10. The summed E-state index contributed by atoms with van der Waals surface area (Å²) < 4.78 is 11.1. The average molecular weight is 279 g/mol. The van der Waals surface area contributed by atoms with Gasteiger partial charge in [-0.1, -0.05) is 30.4 Å². The molecule has 0 aliphatic rings. The van der Waals surface area contributed by atoms with Gasteiger partial charge in [0, 0.05) is 0 Å². The van der Waals surface area contributed by atoms with E-state index in [1.54, 1.807) is 19.2 Å². The van der Waals surface area contributed by atoms with Crippen LogP contribution in [0.4, 0.5) is 0 Å². The van der Waals surface area contributed by atoms with Crippen molar-refractivity contribution in [1.29, 1.82) is 5.26 Å². The van der Waals surface area contributed by atoms with Crippen LogP contribution in [0.15, 0.2) is 48.5 Å². The standard InChI is InChI=1S/C18H17NO2/c1-3-4-14-9-10-17(18(11-14)20-2)21-13-16-7-5-15(12-19)6-8-16/h3-11H,13H2,1-2H3/b4-3+. The fourth-order valence-corrected chi connectivity index (χ4v) is 1.94. The van der Waals surface area contributed by atoms with Crippen LogP contribution < -0.4 is 9.47 Å². The topological polar surface area (TPSA) is 42.2 Å². The molecular formula is C18H17NO2. The molecule has 0 bridgehead atoms. The molecule has 0 N–H and O–H groups in total. The van der Waals surface area contributed by atoms with Crippen LogP contribution in [0.3, 0.4) is 0 Å². The molecule has 0 heterocycles. The molecule has 3 heteroatoms. The minimum Gasteiger partial charge on any atom is -0.493 e. The predicted molar refractivity (Wildman–Crippen MR) is 83.2 cm³/mol. The van der Waals surface area contributed by atoms with E-state index in [0.717, 1.165) is 11.1 Å². The van der Waals surface area contributed by atoms with Gasteiger partial charge in [-0.3, -0.25) is 0 Å². The lowest BCUT2D eigenvalue weighted by Gasteiger charge is -2.11. The number of allylic oxidation sites excluding steroid dienone is 1. The van der Waals surface area contributed by atoms with Crippen molar-refractivity contribution in [1.82, 2.24) is 0 Å². The summed E-state index contributed by atoms with van der Waals surface area (Å²) in [6.45, 7) is 2.41. The second-order valence-electron chi connectivity index (χ2n) is 4.51. The molecule has 0 radical (unpaired) electrons. The Morgan fingerprint density at radius 1 is 1.10 bits per heavy atom. The molecule has 0 fully saturated rings. The van der Waals surface area contributed by atoms with Gasteiger partial charge in [0.1, 0.15) is 6.61 Å². The summed E-state index contributed by atoms with van der Waals surface area (Å²) >= 11 is 0. The van der Waals surface area contributed by atoms with E-state index < -0.39 is 0 Å². The van der Waals surface area contributed by atoms with Crippen molar-refractivity contribution in [3.8, 4) is 17.6 Å². The first-order valence-electron chi connectivity index (χ1n) is 6.69. The molecule has 0 aromatic heterocycles. The molecule has 106 valence electrons. The van der Waals surface area contributed by atoms with Gasteiger partial charge in [-0.25, -0.2) is 0 Å². The zero-order chi connectivity index (χ0) is 15.1. The molecule has 0 spiro atoms. The Hall–Kier alpha value is -2.73. The van der Waals surface area contributed by atoms with E-state index in [1.165, 1.54) is 0 Å². The molecule has 0 amide bonds. The highest BCUT2D eigenvalue weighted by molar-refractivity contribution is 5.55. The molecular weight excluding hydrogens is 262 g/mol. The Morgan fingerprint density at radius 3 is 2.48 bits per heavy atom. The van der Waals surface area contributed by atoms with Crippen LogP contribution >= 0.6 is 0 Å². The smallest absolute Gasteiger partial charge is 0.161 e. The third-order valence-electron chi connectivity index (χ3n) is 3.02. The summed E-state index contributed by atoms with van der Waals surface area (Å²) in [4.78, 5) is 0. The summed E-state index contributed by atoms with van der Waals surface area (Å²) in [5.41, 5.74) is 2.72. The van der Waals surface area contributed by atoms with Gasteiger partial charge in [0.2, 0.25) is 0 Å². The second kappa shape index (κ2) is 7.16. The fourth-order valence-electron chi connectivity index (χ4n) is 1.94. The Kier molecular flexibility index (Phi) is 5.00. The Bertz CT molecular complexity index is 667. The molecule has 2 aromatic carbocycles. The van der Waals surface area contributed by atoms with E-state index in [0.29, 0.717) is 23.7 Å². The van der Waals surface area contributed by atoms with Crippen LogP contribution in [0.5, 0.6) is 11.5 Å². The van der Waals surface area contributed by atoms with Crippen LogP contribution in [0.1, 0.15) is 23.6 Å². The van der Waals surface area contributed by atoms with Gasteiger partial charge in [0.15, 0.2) is 11.5 Å². The average Bonchev–Trinajstić information content (AvgIpc) is 2.54. The number of rotatable bonds is 5. The molecule has 0 aliphatic heterocycles. The Labute approximate surface area is 125 Å². The number of nitrogens with zero attached hydrogens (tertiary/aromatic N) is 1. The molecule has 0 atom stereocenters. The highest BCUT2D eigenvalue weighted by Crippen LogP contribution is 2.29. The molecule has 3 nitrogen and oxygen atoms in total. The molecule has 2 aromatic rings. The van der Waals surface area contributed by atoms with Crippen molar-refractivity contribution in [2.75, 3.05) is 7.11 Å². The molecule has 0 unspecified atom stereocenters. The van der Waals surface area contributed by atoms with Crippen molar-refractivity contribution in [2.24, 2.45) is 0 Å². The summed E-state index contributed by atoms with van der Waals surface area (Å²) in [6.07, 6.45) is 3.99. The van der Waals surface area contributed by atoms with Gasteiger partial charge < -0.3 is 9.47 Å². The van der Waals surface area contributed by atoms with Crippen LogP contribution in [0.25, 0.3) is 6.08 Å². The van der Waals surface area contributed by atoms with E-state index in [2.05, 4.69) is 6.07 Å². The SMILES string of the molecule is C/C=C/c1ccc(OCc2ccc(C#N)cc2)c(OC)c1. The van der Waals surface area contributed by atoms with Crippen molar-refractivity contribution in [2.45, 2.75) is 13.5 Å². The van der Waals surface area contributed by atoms with Gasteiger partial charge in [-0.2, -0.15) is 5.26 Å². The van der Waals surface area contributed by atoms with Gasteiger partial charge in [0.25, 0.3) is 0 Å². The van der Waals surface area contributed by atoms with E-state index in [1.807, 2.05) is 49.4 Å². The lowest BCUT2D eigenvalue weighted by Crippen LogP contribution is -1.98. The third kappa shape index (κ3) is 3.87. The first-order chi connectivity index (χ1) is 10.3. The summed E-state index contributed by atoms with van der Waals surface area (Å²) in [6, 6.07) is 15.3. The van der Waals surface area contributed by atoms with E-state index >= 15 is 0 Å². The summed E-state index contributed by atoms with van der Waals surface area (Å²) in [7, 11) is 1.63. The zero-order valence-electron chi connectivity index (χ0n) is 12.2. The van der Waals surface area contributed by atoms with Crippen molar-refractivity contribution < 1.29 is 9.47 Å². The van der Waals surface area contributed by atoms with Crippen LogP contribution in [0.2, 0.25) is 0 Å². The lowest BCUT2D eigenvalue weighted by atomic mass is 10.1. The van der Waals surface area contributed by atoms with E-state index in [-0.39, 0.29) is 0 Å². The lowest BCUT2D eigenvalue weighted by molar-refractivity contribution is 0.284. The highest BCUT2D eigenvalue weighted by atomic mass is 16.5. The summed E-state index contributed by atoms with van der Waals surface area (Å²) in [5.74, 6) is 1.41. The van der Waals surface area contributed by atoms with Crippen molar-refractivity contribution in [3.05, 3.63) is 65.2 Å². The second-order valence-corrected chi connectivity index (χ2v) is 4.51. The number of hydrogen-bond donors (Lipinski definition) is 0. The number of hydrogen-bond acceptors (Lipinski definition) is 3. The maximum atomic E-state index is 8.77. The van der Waals surface area contributed by atoms with Crippen LogP contribution in [-0.4, -0.2) is 7.11 Å². The first-order valence-corrected chi connectivity index (χ1v) is 6.69. The van der Waals surface area contributed by atoms with Crippen molar-refractivity contribution in [3.63, 3.8) is 0 Å². The number of benzene rings is 2. The highest BCUT2D eigenvalue weighted by Gasteiger charge is 2.05. The number of ether oxygens (including phenoxy) is 2. The predicted octanol–water partition coefficient (Wildman–Crippen LogP) is 4.18. The van der Waals surface area contributed by atoms with Gasteiger partial charge >= 0.3 is 0 Å². The van der Waals surface area contributed by atoms with Crippen LogP contribution in [-0.2, 0) is 6.61 Å². The number of methoxy groups -OCH3 is 1. The largest absolute Gasteiger partial charge is 0.493 e. The Morgan fingerprint density at radius 2 is 1.86 bits per heavy atom. The molecule has 21 heavy (non-hydrogen) atoms. The molecule has 0 aliphatic carbocycles. The van der Waals surface area contributed by atoms with E-state index in [9.17, 15) is 0 Å². The van der Waals surface area contributed by atoms with Gasteiger partial charge in [-0.15, -0.1) is 0 Å². The first kappa shape index (κ1) is 14.7. The number of nitriles is 1. The van der Waals surface area contributed by atoms with E-state index in [4.69, 9.17) is 14.7 Å². The maximum Gasteiger partial charge on any atom is 0.161 e. The minimum atomic E-state index is 0.436. The summed E-state index contributed by atoms with van der Waals surface area (Å²) in [5, 5.41) is 8.77. The minimum absolute atomic E-state index is 0.436. The van der Waals surface area contributed by atoms with Gasteiger partial charge in [-0.05, 0) is 42.3 Å². The van der Waals surface area contributed by atoms with Crippen molar-refractivity contribution >= 4 is 6.08 Å². The molecule has 2 rings (SSSR count). The van der Waals surface area contributed by atoms with Gasteiger partial charge in [0.05, 0.1) is 18.7 Å². The molecule has 0 saturated heterocycles.